The molecule has 0 aliphatic carbocycles. The lowest BCUT2D eigenvalue weighted by molar-refractivity contribution is 0.0956. The monoisotopic (exact) mass is 266 g/mol. The zero-order valence-electron chi connectivity index (χ0n) is 10.0. The summed E-state index contributed by atoms with van der Waals surface area (Å²) >= 11 is 0. The summed E-state index contributed by atoms with van der Waals surface area (Å²) in [4.78, 5) is 11.7. The second kappa shape index (κ2) is 6.17. The highest BCUT2D eigenvalue weighted by molar-refractivity contribution is 7.91. The van der Waals surface area contributed by atoms with Crippen LogP contribution in [0.3, 0.4) is 0 Å². The second-order valence-corrected chi connectivity index (χ2v) is 6.16. The minimum absolute atomic E-state index is 0.0623. The Hall–Kier alpha value is -1.87. The first-order valence-corrected chi connectivity index (χ1v) is 7.29. The fourth-order valence-electron chi connectivity index (χ4n) is 1.30. The summed E-state index contributed by atoms with van der Waals surface area (Å²) < 4.78 is 22.4. The van der Waals surface area contributed by atoms with Crippen molar-refractivity contribution in [2.75, 3.05) is 18.1 Å². The summed E-state index contributed by atoms with van der Waals surface area (Å²) in [5, 5.41) is 11.2. The molecule has 1 amide bonds. The molecule has 1 aromatic rings. The van der Waals surface area contributed by atoms with Crippen LogP contribution in [0.5, 0.6) is 0 Å². The lowest BCUT2D eigenvalue weighted by Gasteiger charge is -2.05. The number of hydrogen-bond acceptors (Lipinski definition) is 4. The molecule has 18 heavy (non-hydrogen) atoms. The van der Waals surface area contributed by atoms with Crippen molar-refractivity contribution in [2.24, 2.45) is 0 Å². The van der Waals surface area contributed by atoms with Gasteiger partial charge in [-0.15, -0.1) is 0 Å². The highest BCUT2D eigenvalue weighted by atomic mass is 32.2. The molecule has 0 spiro atoms. The quantitative estimate of drug-likeness (QED) is 0.850. The first-order chi connectivity index (χ1) is 8.48. The molecule has 1 aromatic carbocycles. The second-order valence-electron chi connectivity index (χ2n) is 3.68. The van der Waals surface area contributed by atoms with Gasteiger partial charge in [0.05, 0.1) is 17.4 Å². The molecule has 0 bridgehead atoms. The molecule has 0 aliphatic rings. The molecule has 0 heterocycles. The van der Waals surface area contributed by atoms with E-state index in [1.165, 1.54) is 6.07 Å². The van der Waals surface area contributed by atoms with Crippen molar-refractivity contribution in [3.05, 3.63) is 35.4 Å². The van der Waals surface area contributed by atoms with E-state index >= 15 is 0 Å². The fourth-order valence-corrected chi connectivity index (χ4v) is 2.00. The van der Waals surface area contributed by atoms with Gasteiger partial charge in [-0.25, -0.2) is 8.42 Å². The van der Waals surface area contributed by atoms with Crippen molar-refractivity contribution in [1.29, 1.82) is 5.26 Å². The van der Waals surface area contributed by atoms with E-state index in [1.54, 1.807) is 25.1 Å². The van der Waals surface area contributed by atoms with E-state index < -0.39 is 9.84 Å². The molecule has 96 valence electrons. The fraction of sp³-hybridized carbons (Fsp3) is 0.333. The SMILES string of the molecule is CCS(=O)(=O)CCNC(=O)c1cccc(C#N)c1. The van der Waals surface area contributed by atoms with Crippen molar-refractivity contribution < 1.29 is 13.2 Å². The molecule has 0 fully saturated rings. The number of nitrogens with one attached hydrogen (secondary N) is 1. The van der Waals surface area contributed by atoms with Crippen LogP contribution in [0.4, 0.5) is 0 Å². The van der Waals surface area contributed by atoms with Crippen molar-refractivity contribution in [2.45, 2.75) is 6.92 Å². The number of benzene rings is 1. The van der Waals surface area contributed by atoms with Crippen LogP contribution in [0.2, 0.25) is 0 Å². The molecule has 0 atom stereocenters. The molecule has 0 aliphatic heterocycles. The highest BCUT2D eigenvalue weighted by Gasteiger charge is 2.09. The molecule has 6 heteroatoms. The van der Waals surface area contributed by atoms with Crippen molar-refractivity contribution in [3.63, 3.8) is 0 Å². The molecule has 0 saturated heterocycles. The number of nitriles is 1. The third kappa shape index (κ3) is 4.18. The van der Waals surface area contributed by atoms with Gasteiger partial charge in [0.25, 0.3) is 5.91 Å². The molecule has 1 N–H and O–H groups in total. The smallest absolute Gasteiger partial charge is 0.251 e. The largest absolute Gasteiger partial charge is 0.351 e. The number of hydrogen-bond donors (Lipinski definition) is 1. The first kappa shape index (κ1) is 14.2. The van der Waals surface area contributed by atoms with Gasteiger partial charge in [0, 0.05) is 17.9 Å². The van der Waals surface area contributed by atoms with E-state index in [2.05, 4.69) is 5.32 Å². The Morgan fingerprint density at radius 2 is 2.17 bits per heavy atom. The van der Waals surface area contributed by atoms with Gasteiger partial charge in [-0.3, -0.25) is 4.79 Å². The van der Waals surface area contributed by atoms with Crippen LogP contribution in [0, 0.1) is 11.3 Å². The molecular formula is C12H14N2O3S. The minimum Gasteiger partial charge on any atom is -0.351 e. The summed E-state index contributed by atoms with van der Waals surface area (Å²) in [6.07, 6.45) is 0. The molecule has 0 saturated carbocycles. The van der Waals surface area contributed by atoms with Crippen molar-refractivity contribution in [3.8, 4) is 6.07 Å². The number of nitrogens with zero attached hydrogens (tertiary/aromatic N) is 1. The maximum absolute atomic E-state index is 11.7. The average molecular weight is 266 g/mol. The van der Waals surface area contributed by atoms with E-state index in [1.807, 2.05) is 6.07 Å². The van der Waals surface area contributed by atoms with Gasteiger partial charge in [-0.1, -0.05) is 13.0 Å². The van der Waals surface area contributed by atoms with Crippen LogP contribution >= 0.6 is 0 Å². The molecule has 1 rings (SSSR count). The number of sulfone groups is 1. The van der Waals surface area contributed by atoms with Crippen LogP contribution < -0.4 is 5.32 Å². The Balaban J connectivity index is 2.59. The zero-order chi connectivity index (χ0) is 13.6. The number of carbonyl (C=O) groups is 1. The summed E-state index contributed by atoms with van der Waals surface area (Å²) in [5.41, 5.74) is 0.742. The van der Waals surface area contributed by atoms with Gasteiger partial charge >= 0.3 is 0 Å². The summed E-state index contributed by atoms with van der Waals surface area (Å²) in [6, 6.07) is 8.17. The van der Waals surface area contributed by atoms with Gasteiger partial charge in [-0.05, 0) is 18.2 Å². The van der Waals surface area contributed by atoms with Crippen LogP contribution in [-0.4, -0.2) is 32.4 Å². The maximum atomic E-state index is 11.7. The standard InChI is InChI=1S/C12H14N2O3S/c1-2-18(16,17)7-6-14-12(15)11-5-3-4-10(8-11)9-13/h3-5,8H,2,6-7H2,1H3,(H,14,15). The Bertz CT molecular complexity index is 573. The number of rotatable bonds is 5. The van der Waals surface area contributed by atoms with Gasteiger partial charge in [0.15, 0.2) is 9.84 Å². The summed E-state index contributed by atoms with van der Waals surface area (Å²) in [6.45, 7) is 1.64. The van der Waals surface area contributed by atoms with Gasteiger partial charge in [0.1, 0.15) is 0 Å². The summed E-state index contributed by atoms with van der Waals surface area (Å²) in [7, 11) is -3.08. The third-order valence-electron chi connectivity index (χ3n) is 2.39. The van der Waals surface area contributed by atoms with Crippen molar-refractivity contribution in [1.82, 2.24) is 5.32 Å². The van der Waals surface area contributed by atoms with Gasteiger partial charge in [0.2, 0.25) is 0 Å². The van der Waals surface area contributed by atoms with E-state index in [0.29, 0.717) is 11.1 Å². The normalized spacial score (nSPS) is 10.7. The Kier molecular flexibility index (Phi) is 4.86. The Morgan fingerprint density at radius 1 is 1.44 bits per heavy atom. The van der Waals surface area contributed by atoms with E-state index in [-0.39, 0.29) is 24.0 Å². The van der Waals surface area contributed by atoms with Crippen LogP contribution in [-0.2, 0) is 9.84 Å². The lowest BCUT2D eigenvalue weighted by atomic mass is 10.1. The molecule has 0 radical (unpaired) electrons. The molecule has 0 aromatic heterocycles. The number of amides is 1. The first-order valence-electron chi connectivity index (χ1n) is 5.47. The van der Waals surface area contributed by atoms with E-state index in [9.17, 15) is 13.2 Å². The van der Waals surface area contributed by atoms with Gasteiger partial charge < -0.3 is 5.32 Å². The van der Waals surface area contributed by atoms with E-state index in [0.717, 1.165) is 0 Å². The number of carbonyl (C=O) groups excluding carboxylic acids is 1. The topological polar surface area (TPSA) is 87.0 Å². The minimum atomic E-state index is -3.08. The highest BCUT2D eigenvalue weighted by Crippen LogP contribution is 2.03. The van der Waals surface area contributed by atoms with Gasteiger partial charge in [-0.2, -0.15) is 5.26 Å². The molecular weight excluding hydrogens is 252 g/mol. The van der Waals surface area contributed by atoms with Crippen LogP contribution in [0.25, 0.3) is 0 Å². The molecule has 0 unspecified atom stereocenters. The average Bonchev–Trinajstić information content (AvgIpc) is 2.38. The predicted molar refractivity (Wildman–Crippen MR) is 67.8 cm³/mol. The predicted octanol–water partition coefficient (Wildman–Crippen LogP) is 0.723. The summed E-state index contributed by atoms with van der Waals surface area (Å²) in [5.74, 6) is -0.390. The lowest BCUT2D eigenvalue weighted by Crippen LogP contribution is -2.29. The van der Waals surface area contributed by atoms with Crippen molar-refractivity contribution >= 4 is 15.7 Å². The third-order valence-corrected chi connectivity index (χ3v) is 4.10. The zero-order valence-corrected chi connectivity index (χ0v) is 10.8. The van der Waals surface area contributed by atoms with E-state index in [4.69, 9.17) is 5.26 Å². The molecule has 5 nitrogen and oxygen atoms in total. The Morgan fingerprint density at radius 3 is 2.78 bits per heavy atom. The van der Waals surface area contributed by atoms with Crippen LogP contribution in [0.15, 0.2) is 24.3 Å². The Labute approximate surface area is 106 Å². The van der Waals surface area contributed by atoms with Crippen LogP contribution in [0.1, 0.15) is 22.8 Å². The maximum Gasteiger partial charge on any atom is 0.251 e.